The van der Waals surface area contributed by atoms with Crippen LogP contribution in [0.3, 0.4) is 0 Å². The molecule has 82 heavy (non-hydrogen) atoms. The summed E-state index contributed by atoms with van der Waals surface area (Å²) in [4.78, 5) is 64.4. The summed E-state index contributed by atoms with van der Waals surface area (Å²) >= 11 is 2.52. The molecule has 2 heterocycles. The molecule has 0 aliphatic heterocycles. The number of amides is 2. The number of hydrogen-bond acceptors (Lipinski definition) is 14. The Morgan fingerprint density at radius 1 is 0.512 bits per heavy atom. The van der Waals surface area contributed by atoms with Crippen LogP contribution in [-0.4, -0.2) is 123 Å². The minimum atomic E-state index is -0.640. The van der Waals surface area contributed by atoms with Crippen LogP contribution < -0.4 is 21.8 Å². The molecule has 0 fully saturated rings. The molecule has 0 saturated heterocycles. The molecule has 0 aliphatic carbocycles. The Hall–Kier alpha value is -6.65. The third-order valence-electron chi connectivity index (χ3n) is 12.6. The van der Waals surface area contributed by atoms with Crippen LogP contribution in [0.15, 0.2) is 178 Å². The number of carbonyl (C=O) groups excluding carboxylic acids is 2. The van der Waals surface area contributed by atoms with E-state index < -0.39 is 10.5 Å². The number of ether oxygens (including phenoxy) is 6. The van der Waals surface area contributed by atoms with Crippen molar-refractivity contribution < 1.29 is 38.0 Å². The summed E-state index contributed by atoms with van der Waals surface area (Å²) in [6.45, 7) is 15.2. The van der Waals surface area contributed by atoms with Gasteiger partial charge in [-0.3, -0.25) is 28.3 Å². The van der Waals surface area contributed by atoms with E-state index in [0.29, 0.717) is 138 Å². The summed E-state index contributed by atoms with van der Waals surface area (Å²) in [7, 11) is 0. The summed E-state index contributed by atoms with van der Waals surface area (Å²) < 4.78 is 37.1. The summed E-state index contributed by atoms with van der Waals surface area (Å²) in [5.41, 5.74) is 2.53. The fraction of sp³-hybridized carbons (Fsp3) is 0.333. The van der Waals surface area contributed by atoms with Gasteiger partial charge in [0.05, 0.1) is 101 Å². The van der Waals surface area contributed by atoms with E-state index in [2.05, 4.69) is 17.2 Å². The molecule has 0 spiro atoms. The second-order valence-electron chi connectivity index (χ2n) is 18.2. The largest absolute Gasteiger partial charge is 0.377 e. The molecule has 0 saturated carbocycles. The molecule has 8 aromatic rings. The third-order valence-corrected chi connectivity index (χ3v) is 15.1. The second kappa shape index (κ2) is 35.4. The molecule has 0 aliphatic rings. The number of carbonyl (C=O) groups is 2. The van der Waals surface area contributed by atoms with Gasteiger partial charge in [-0.1, -0.05) is 158 Å². The average Bonchev–Trinajstić information content (AvgIpc) is 3.02. The number of nitrogens with zero attached hydrogens (tertiary/aromatic N) is 4. The highest BCUT2D eigenvalue weighted by Gasteiger charge is 2.27. The van der Waals surface area contributed by atoms with Crippen molar-refractivity contribution in [2.75, 3.05) is 92.4 Å². The van der Waals surface area contributed by atoms with Gasteiger partial charge in [-0.25, -0.2) is 9.97 Å². The minimum absolute atomic E-state index is 0. The fourth-order valence-corrected chi connectivity index (χ4v) is 10.9. The summed E-state index contributed by atoms with van der Waals surface area (Å²) in [6, 6.07) is 42.4. The first kappa shape index (κ1) is 64.5. The van der Waals surface area contributed by atoms with Crippen molar-refractivity contribution >= 4 is 92.2 Å². The highest BCUT2D eigenvalue weighted by atomic mass is 32.2. The van der Waals surface area contributed by atoms with Gasteiger partial charge in [0.2, 0.25) is 11.8 Å². The van der Waals surface area contributed by atoms with Gasteiger partial charge in [0.15, 0.2) is 10.3 Å². The molecule has 2 unspecified atom stereocenters. The first-order valence-corrected chi connectivity index (χ1v) is 29.1. The van der Waals surface area contributed by atoms with Gasteiger partial charge in [-0.05, 0) is 77.7 Å². The van der Waals surface area contributed by atoms with Crippen LogP contribution in [0.25, 0.3) is 43.4 Å². The maximum absolute atomic E-state index is 13.6. The van der Waals surface area contributed by atoms with Gasteiger partial charge in [0.1, 0.15) is 10.5 Å². The zero-order valence-corrected chi connectivity index (χ0v) is 49.4. The lowest BCUT2D eigenvalue weighted by molar-refractivity contribution is -0.121. The number of fused-ring (bicyclic) bond motifs is 4. The minimum Gasteiger partial charge on any atom is -0.377 e. The molecular formula is C63H74N6O10S3. The first-order chi connectivity index (χ1) is 39.7. The van der Waals surface area contributed by atoms with Crippen LogP contribution >= 0.6 is 37.0 Å². The molecule has 2 aromatic heterocycles. The highest BCUT2D eigenvalue weighted by molar-refractivity contribution is 8.00. The van der Waals surface area contributed by atoms with E-state index in [4.69, 9.17) is 38.4 Å². The lowest BCUT2D eigenvalue weighted by Crippen LogP contribution is -2.32. The normalized spacial score (nSPS) is 12.0. The zero-order chi connectivity index (χ0) is 57.0. The maximum Gasteiger partial charge on any atom is 0.262 e. The molecule has 2 atom stereocenters. The summed E-state index contributed by atoms with van der Waals surface area (Å²) in [6.07, 6.45) is 5.58. The second-order valence-corrected chi connectivity index (χ2v) is 20.3. The third kappa shape index (κ3) is 18.9. The number of nitrogens with one attached hydrogen (secondary N) is 2. The number of rotatable bonds is 32. The predicted octanol–water partition coefficient (Wildman–Crippen LogP) is 10.0. The van der Waals surface area contributed by atoms with Gasteiger partial charge in [-0.15, -0.1) is 0 Å². The maximum atomic E-state index is 13.6. The Balaban J connectivity index is 0.00000173. The Labute approximate surface area is 494 Å². The number of benzene rings is 6. The van der Waals surface area contributed by atoms with E-state index >= 15 is 0 Å². The zero-order valence-electron chi connectivity index (χ0n) is 46.8. The van der Waals surface area contributed by atoms with Crippen molar-refractivity contribution in [1.82, 2.24) is 29.7 Å². The Bertz CT molecular complexity index is 3220. The Morgan fingerprint density at radius 3 is 1.13 bits per heavy atom. The van der Waals surface area contributed by atoms with Crippen molar-refractivity contribution in [2.45, 2.75) is 54.7 Å². The van der Waals surface area contributed by atoms with Crippen molar-refractivity contribution in [2.24, 2.45) is 0 Å². The van der Waals surface area contributed by atoms with E-state index in [1.54, 1.807) is 15.2 Å². The Kier molecular flexibility index (Phi) is 27.8. The first-order valence-electron chi connectivity index (χ1n) is 27.3. The van der Waals surface area contributed by atoms with Gasteiger partial charge < -0.3 is 39.1 Å². The van der Waals surface area contributed by atoms with Crippen LogP contribution in [0, 0.1) is 0 Å². The SMILES string of the molecule is C=C/C=C\C.CCn1c(SC(C(=O)NCCOCCOCCOCCOCCOCCOCCNC(=O)C(Sc2nc3cc4ccccc4cc3c(=O)n2CC)c2ccccc2)c2ccccc2)nc2cc3ccccc3cc2c1=O.S. The van der Waals surface area contributed by atoms with Crippen LogP contribution in [0.4, 0.5) is 0 Å². The van der Waals surface area contributed by atoms with Gasteiger partial charge in [0.25, 0.3) is 11.1 Å². The van der Waals surface area contributed by atoms with Crippen molar-refractivity contribution in [3.05, 3.63) is 190 Å². The smallest absolute Gasteiger partial charge is 0.262 e. The molecule has 6 aromatic carbocycles. The molecule has 19 heteroatoms. The topological polar surface area (TPSA) is 183 Å². The number of aromatic nitrogens is 4. The lowest BCUT2D eigenvalue weighted by Gasteiger charge is -2.19. The molecule has 434 valence electrons. The molecule has 2 amide bonds. The monoisotopic (exact) mass is 1170 g/mol. The van der Waals surface area contributed by atoms with Gasteiger partial charge in [-0.2, -0.15) is 13.5 Å². The van der Waals surface area contributed by atoms with Gasteiger partial charge >= 0.3 is 0 Å². The summed E-state index contributed by atoms with van der Waals surface area (Å²) in [5.74, 6) is -0.409. The highest BCUT2D eigenvalue weighted by Crippen LogP contribution is 2.37. The molecule has 0 bridgehead atoms. The van der Waals surface area contributed by atoms with Crippen molar-refractivity contribution in [3.63, 3.8) is 0 Å². The molecular weight excluding hydrogens is 1100 g/mol. The van der Waals surface area contributed by atoms with Crippen LogP contribution in [0.2, 0.25) is 0 Å². The summed E-state index contributed by atoms with van der Waals surface area (Å²) in [5, 5.41) is 10.7. The van der Waals surface area contributed by atoms with E-state index in [1.165, 1.54) is 23.5 Å². The van der Waals surface area contributed by atoms with E-state index in [1.807, 2.05) is 166 Å². The van der Waals surface area contributed by atoms with Crippen molar-refractivity contribution in [3.8, 4) is 0 Å². The van der Waals surface area contributed by atoms with Crippen molar-refractivity contribution in [1.29, 1.82) is 0 Å². The molecule has 2 N–H and O–H groups in total. The standard InChI is InChI=1S/C58H64N6O10S2.C5H8.H2S/c1-3-63-55(67)47-37-43-19-11-13-21-45(43)39-49(47)61-57(63)75-51(41-15-7-5-8-16-41)53(65)59-23-25-69-27-29-71-31-33-73-35-36-74-34-32-72-30-28-70-26-24-60-54(66)52(42-17-9-6-10-18-42)76-58-62-50-40-46-22-14-12-20-44(46)38-48(50)56(68)64(58)4-2;1-3-5-4-2;/h5-22,37-40,51-52H,3-4,23-36H2,1-2H3,(H,59,65)(H,60,66);3-5H,1H2,2H3;1H2/b;5-4-;. The van der Waals surface area contributed by atoms with E-state index in [9.17, 15) is 19.2 Å². The quantitative estimate of drug-likeness (QED) is 0.0134. The van der Waals surface area contributed by atoms with Crippen LogP contribution in [0.1, 0.15) is 42.4 Å². The van der Waals surface area contributed by atoms with E-state index in [-0.39, 0.29) is 36.4 Å². The predicted molar refractivity (Wildman–Crippen MR) is 335 cm³/mol. The number of hydrogen-bond donors (Lipinski definition) is 2. The lowest BCUT2D eigenvalue weighted by atomic mass is 10.1. The average molecular weight is 1170 g/mol. The number of thioether (sulfide) groups is 2. The Morgan fingerprint density at radius 2 is 0.829 bits per heavy atom. The van der Waals surface area contributed by atoms with Crippen LogP contribution in [0.5, 0.6) is 0 Å². The molecule has 16 nitrogen and oxygen atoms in total. The molecule has 8 rings (SSSR count). The fourth-order valence-electron chi connectivity index (χ4n) is 8.54. The molecule has 0 radical (unpaired) electrons. The van der Waals surface area contributed by atoms with E-state index in [0.717, 1.165) is 32.7 Å². The van der Waals surface area contributed by atoms with Crippen LogP contribution in [-0.2, 0) is 51.1 Å². The number of allylic oxidation sites excluding steroid dienone is 3. The van der Waals surface area contributed by atoms with Gasteiger partial charge in [0, 0.05) is 26.2 Å².